The van der Waals surface area contributed by atoms with Crippen molar-refractivity contribution in [2.24, 2.45) is 16.8 Å². The van der Waals surface area contributed by atoms with Crippen LogP contribution >= 0.6 is 24.0 Å². The molecule has 0 saturated heterocycles. The summed E-state index contributed by atoms with van der Waals surface area (Å²) in [5.41, 5.74) is 0. The van der Waals surface area contributed by atoms with Crippen molar-refractivity contribution in [2.45, 2.75) is 58.8 Å². The van der Waals surface area contributed by atoms with Crippen LogP contribution in [-0.2, 0) is 9.47 Å². The molecule has 0 amide bonds. The second-order valence-electron chi connectivity index (χ2n) is 6.93. The molecular weight excluding hydrogens is 429 g/mol. The zero-order chi connectivity index (χ0) is 17.5. The molecule has 1 rings (SSSR count). The average molecular weight is 469 g/mol. The van der Waals surface area contributed by atoms with Crippen LogP contribution in [0.1, 0.15) is 58.8 Å². The number of rotatable bonds is 12. The SMILES string of the molecule is CCNC(=NCCCCOCCOC)NCCC1CCCC(C)C1.I. The van der Waals surface area contributed by atoms with Gasteiger partial charge in [0, 0.05) is 33.4 Å². The number of halogens is 1. The summed E-state index contributed by atoms with van der Waals surface area (Å²) in [6.45, 7) is 9.45. The van der Waals surface area contributed by atoms with E-state index in [1.165, 1.54) is 32.1 Å². The standard InChI is InChI=1S/C19H39N3O2.HI/c1-4-20-19(21-11-5-6-13-24-15-14-23-3)22-12-10-18-9-7-8-17(2)16-18;/h17-18H,4-16H2,1-3H3,(H2,20,21,22);1H. The van der Waals surface area contributed by atoms with E-state index in [1.54, 1.807) is 7.11 Å². The molecule has 0 bridgehead atoms. The van der Waals surface area contributed by atoms with Crippen molar-refractivity contribution in [1.82, 2.24) is 10.6 Å². The fourth-order valence-electron chi connectivity index (χ4n) is 3.31. The third kappa shape index (κ3) is 13.7. The Morgan fingerprint density at radius 2 is 1.96 bits per heavy atom. The Morgan fingerprint density at radius 1 is 1.12 bits per heavy atom. The van der Waals surface area contributed by atoms with E-state index in [0.29, 0.717) is 13.2 Å². The van der Waals surface area contributed by atoms with Gasteiger partial charge >= 0.3 is 0 Å². The molecule has 2 atom stereocenters. The molecule has 1 aliphatic rings. The Morgan fingerprint density at radius 3 is 2.68 bits per heavy atom. The topological polar surface area (TPSA) is 54.9 Å². The van der Waals surface area contributed by atoms with E-state index in [-0.39, 0.29) is 24.0 Å². The number of unbranched alkanes of at least 4 members (excludes halogenated alkanes) is 1. The van der Waals surface area contributed by atoms with Crippen LogP contribution in [0, 0.1) is 11.8 Å². The average Bonchev–Trinajstić information content (AvgIpc) is 2.57. The maximum absolute atomic E-state index is 5.46. The van der Waals surface area contributed by atoms with Crippen molar-refractivity contribution >= 4 is 29.9 Å². The van der Waals surface area contributed by atoms with Gasteiger partial charge in [-0.25, -0.2) is 0 Å². The van der Waals surface area contributed by atoms with Crippen LogP contribution < -0.4 is 10.6 Å². The molecule has 0 aromatic carbocycles. The van der Waals surface area contributed by atoms with Crippen molar-refractivity contribution in [3.63, 3.8) is 0 Å². The number of guanidine groups is 1. The molecule has 25 heavy (non-hydrogen) atoms. The second-order valence-corrected chi connectivity index (χ2v) is 6.93. The Kier molecular flexibility index (Phi) is 17.3. The van der Waals surface area contributed by atoms with Crippen LogP contribution in [0.4, 0.5) is 0 Å². The maximum Gasteiger partial charge on any atom is 0.191 e. The fourth-order valence-corrected chi connectivity index (χ4v) is 3.31. The molecule has 0 aromatic heterocycles. The van der Waals surface area contributed by atoms with Gasteiger partial charge in [0.05, 0.1) is 13.2 Å². The van der Waals surface area contributed by atoms with Crippen LogP contribution in [-0.4, -0.2) is 52.5 Å². The minimum absolute atomic E-state index is 0. The van der Waals surface area contributed by atoms with Crippen LogP contribution in [0.2, 0.25) is 0 Å². The molecule has 0 spiro atoms. The summed E-state index contributed by atoms with van der Waals surface area (Å²) in [6.07, 6.45) is 9.01. The zero-order valence-corrected chi connectivity index (χ0v) is 18.8. The summed E-state index contributed by atoms with van der Waals surface area (Å²) in [5, 5.41) is 6.83. The highest BCUT2D eigenvalue weighted by atomic mass is 127. The van der Waals surface area contributed by atoms with Crippen molar-refractivity contribution in [3.8, 4) is 0 Å². The van der Waals surface area contributed by atoms with Crippen LogP contribution in [0.5, 0.6) is 0 Å². The Bertz CT molecular complexity index is 330. The molecule has 6 heteroatoms. The molecule has 2 N–H and O–H groups in total. The first kappa shape index (κ1) is 24.9. The van der Waals surface area contributed by atoms with Crippen LogP contribution in [0.25, 0.3) is 0 Å². The minimum atomic E-state index is 0. The van der Waals surface area contributed by atoms with E-state index >= 15 is 0 Å². The predicted octanol–water partition coefficient (Wildman–Crippen LogP) is 3.82. The number of hydrogen-bond acceptors (Lipinski definition) is 3. The maximum atomic E-state index is 5.46. The summed E-state index contributed by atoms with van der Waals surface area (Å²) in [5.74, 6) is 2.77. The molecule has 1 fully saturated rings. The Balaban J connectivity index is 0.00000576. The normalized spacial score (nSPS) is 20.8. The molecular formula is C19H40IN3O2. The zero-order valence-electron chi connectivity index (χ0n) is 16.5. The van der Waals surface area contributed by atoms with E-state index in [1.807, 2.05) is 0 Å². The Hall–Kier alpha value is -0.0800. The molecule has 0 radical (unpaired) electrons. The second kappa shape index (κ2) is 17.3. The largest absolute Gasteiger partial charge is 0.382 e. The molecule has 150 valence electrons. The van der Waals surface area contributed by atoms with E-state index in [9.17, 15) is 0 Å². The third-order valence-electron chi connectivity index (χ3n) is 4.63. The van der Waals surface area contributed by atoms with Crippen molar-refractivity contribution < 1.29 is 9.47 Å². The van der Waals surface area contributed by atoms with E-state index < -0.39 is 0 Å². The summed E-state index contributed by atoms with van der Waals surface area (Å²) < 4.78 is 10.4. The monoisotopic (exact) mass is 469 g/mol. The number of nitrogens with one attached hydrogen (secondary N) is 2. The van der Waals surface area contributed by atoms with Crippen molar-refractivity contribution in [2.75, 3.05) is 46.6 Å². The van der Waals surface area contributed by atoms with Gasteiger partial charge in [0.25, 0.3) is 0 Å². The van der Waals surface area contributed by atoms with Gasteiger partial charge in [0.1, 0.15) is 0 Å². The van der Waals surface area contributed by atoms with Gasteiger partial charge in [-0.1, -0.05) is 26.2 Å². The lowest BCUT2D eigenvalue weighted by atomic mass is 9.81. The lowest BCUT2D eigenvalue weighted by Gasteiger charge is -2.26. The van der Waals surface area contributed by atoms with E-state index in [0.717, 1.165) is 56.9 Å². The van der Waals surface area contributed by atoms with Crippen LogP contribution in [0.3, 0.4) is 0 Å². The van der Waals surface area contributed by atoms with Gasteiger partial charge in [-0.15, -0.1) is 24.0 Å². The fraction of sp³-hybridized carbons (Fsp3) is 0.947. The van der Waals surface area contributed by atoms with Gasteiger partial charge in [0.2, 0.25) is 0 Å². The summed E-state index contributed by atoms with van der Waals surface area (Å²) >= 11 is 0. The van der Waals surface area contributed by atoms with Gasteiger partial charge in [-0.3, -0.25) is 4.99 Å². The van der Waals surface area contributed by atoms with Gasteiger partial charge in [0.15, 0.2) is 5.96 Å². The molecule has 1 aliphatic carbocycles. The molecule has 0 aromatic rings. The molecule has 2 unspecified atom stereocenters. The quantitative estimate of drug-likeness (QED) is 0.198. The number of nitrogens with zero attached hydrogens (tertiary/aromatic N) is 1. The van der Waals surface area contributed by atoms with Crippen LogP contribution in [0.15, 0.2) is 4.99 Å². The number of hydrogen-bond donors (Lipinski definition) is 2. The van der Waals surface area contributed by atoms with Gasteiger partial charge in [-0.05, 0) is 44.4 Å². The lowest BCUT2D eigenvalue weighted by Crippen LogP contribution is -2.38. The highest BCUT2D eigenvalue weighted by molar-refractivity contribution is 14.0. The van der Waals surface area contributed by atoms with Crippen molar-refractivity contribution in [1.29, 1.82) is 0 Å². The molecule has 0 heterocycles. The smallest absolute Gasteiger partial charge is 0.191 e. The lowest BCUT2D eigenvalue weighted by molar-refractivity contribution is 0.0690. The molecule has 0 aliphatic heterocycles. The summed E-state index contributed by atoms with van der Waals surface area (Å²) in [7, 11) is 1.70. The molecule has 1 saturated carbocycles. The molecule has 5 nitrogen and oxygen atoms in total. The highest BCUT2D eigenvalue weighted by Crippen LogP contribution is 2.30. The number of ether oxygens (including phenoxy) is 2. The van der Waals surface area contributed by atoms with Gasteiger partial charge in [-0.2, -0.15) is 0 Å². The number of aliphatic imine (C=N–C) groups is 1. The first-order valence-electron chi connectivity index (χ1n) is 9.85. The highest BCUT2D eigenvalue weighted by Gasteiger charge is 2.18. The summed E-state index contributed by atoms with van der Waals surface area (Å²) in [4.78, 5) is 4.66. The Labute approximate surface area is 172 Å². The first-order valence-corrected chi connectivity index (χ1v) is 9.85. The number of methoxy groups -OCH3 is 1. The summed E-state index contributed by atoms with van der Waals surface area (Å²) in [6, 6.07) is 0. The predicted molar refractivity (Wildman–Crippen MR) is 117 cm³/mol. The van der Waals surface area contributed by atoms with Gasteiger partial charge < -0.3 is 20.1 Å². The van der Waals surface area contributed by atoms with E-state index in [2.05, 4.69) is 29.5 Å². The minimum Gasteiger partial charge on any atom is -0.382 e. The van der Waals surface area contributed by atoms with Crippen molar-refractivity contribution in [3.05, 3.63) is 0 Å². The first-order chi connectivity index (χ1) is 11.8. The third-order valence-corrected chi connectivity index (χ3v) is 4.63. The van der Waals surface area contributed by atoms with E-state index in [4.69, 9.17) is 9.47 Å².